The number of hydrogen-bond acceptors (Lipinski definition) is 4. The van der Waals surface area contributed by atoms with E-state index in [4.69, 9.17) is 23.2 Å². The van der Waals surface area contributed by atoms with Gasteiger partial charge in [-0.2, -0.15) is 9.40 Å². The smallest absolute Gasteiger partial charge is 0.244 e. The monoisotopic (exact) mass is 444 g/mol. The molecule has 0 saturated carbocycles. The zero-order chi connectivity index (χ0) is 20.6. The van der Waals surface area contributed by atoms with Crippen molar-refractivity contribution in [1.82, 2.24) is 19.0 Å². The minimum absolute atomic E-state index is 0.0111. The second-order valence-electron chi connectivity index (χ2n) is 6.81. The van der Waals surface area contributed by atoms with Gasteiger partial charge in [0.2, 0.25) is 15.9 Å². The fraction of sp³-hybridized carbons (Fsp3) is 0.444. The molecule has 2 heterocycles. The quantitative estimate of drug-likeness (QED) is 0.725. The van der Waals surface area contributed by atoms with Crippen molar-refractivity contribution in [2.45, 2.75) is 25.2 Å². The highest BCUT2D eigenvalue weighted by molar-refractivity contribution is 7.89. The third-order valence-corrected chi connectivity index (χ3v) is 7.70. The molecular weight excluding hydrogens is 423 g/mol. The first-order chi connectivity index (χ1) is 13.1. The van der Waals surface area contributed by atoms with Gasteiger partial charge in [0.1, 0.15) is 4.90 Å². The maximum atomic E-state index is 12.9. The summed E-state index contributed by atoms with van der Waals surface area (Å²) in [7, 11) is -1.92. The highest BCUT2D eigenvalue weighted by Gasteiger charge is 2.32. The summed E-state index contributed by atoms with van der Waals surface area (Å²) >= 11 is 12.0. The summed E-state index contributed by atoms with van der Waals surface area (Å²) in [6.07, 6.45) is 0.262. The van der Waals surface area contributed by atoms with Crippen molar-refractivity contribution in [3.8, 4) is 0 Å². The summed E-state index contributed by atoms with van der Waals surface area (Å²) < 4.78 is 28.9. The number of nitrogens with zero attached hydrogens (tertiary/aromatic N) is 4. The zero-order valence-corrected chi connectivity index (χ0v) is 18.3. The van der Waals surface area contributed by atoms with Gasteiger partial charge in [0.15, 0.2) is 0 Å². The minimum Gasteiger partial charge on any atom is -0.340 e. The Balaban J connectivity index is 1.68. The standard InChI is InChI=1S/C18H22Cl2N4O3S/c1-12-15(13(2)22(3)21-12)11-18(25)23-6-8-24(9-7-23)28(26,27)17-10-14(19)4-5-16(17)20/h4-5,10H,6-9,11H2,1-3H3. The number of amides is 1. The van der Waals surface area contributed by atoms with E-state index < -0.39 is 10.0 Å². The van der Waals surface area contributed by atoms with E-state index in [1.54, 1.807) is 15.6 Å². The van der Waals surface area contributed by atoms with Crippen molar-refractivity contribution in [2.24, 2.45) is 7.05 Å². The van der Waals surface area contributed by atoms with Crippen LogP contribution >= 0.6 is 23.2 Å². The molecule has 0 atom stereocenters. The molecule has 3 rings (SSSR count). The molecule has 0 N–H and O–H groups in total. The van der Waals surface area contributed by atoms with E-state index in [2.05, 4.69) is 5.10 Å². The van der Waals surface area contributed by atoms with E-state index in [-0.39, 0.29) is 35.3 Å². The number of aryl methyl sites for hydroxylation is 2. The second kappa shape index (κ2) is 8.02. The van der Waals surface area contributed by atoms with Crippen LogP contribution < -0.4 is 0 Å². The zero-order valence-electron chi connectivity index (χ0n) is 15.9. The lowest BCUT2D eigenvalue weighted by Gasteiger charge is -2.34. The van der Waals surface area contributed by atoms with E-state index in [1.807, 2.05) is 20.9 Å². The van der Waals surface area contributed by atoms with Gasteiger partial charge in [-0.25, -0.2) is 8.42 Å². The molecule has 0 spiro atoms. The van der Waals surface area contributed by atoms with E-state index in [0.29, 0.717) is 18.1 Å². The van der Waals surface area contributed by atoms with E-state index in [0.717, 1.165) is 17.0 Å². The predicted octanol–water partition coefficient (Wildman–Crippen LogP) is 2.42. The normalized spacial score (nSPS) is 15.8. The number of carbonyl (C=O) groups excluding carboxylic acids is 1. The van der Waals surface area contributed by atoms with Crippen LogP contribution in [0.2, 0.25) is 10.0 Å². The van der Waals surface area contributed by atoms with Gasteiger partial charge in [0.05, 0.1) is 17.1 Å². The first-order valence-electron chi connectivity index (χ1n) is 8.83. The van der Waals surface area contributed by atoms with Crippen LogP contribution in [0.5, 0.6) is 0 Å². The Bertz CT molecular complexity index is 1010. The van der Waals surface area contributed by atoms with Gasteiger partial charge < -0.3 is 4.90 Å². The third-order valence-electron chi connectivity index (χ3n) is 5.09. The number of hydrogen-bond donors (Lipinski definition) is 0. The minimum atomic E-state index is -3.77. The van der Waals surface area contributed by atoms with Crippen LogP contribution in [0.1, 0.15) is 17.0 Å². The second-order valence-corrected chi connectivity index (χ2v) is 9.56. The molecular formula is C18H22Cl2N4O3S. The van der Waals surface area contributed by atoms with Gasteiger partial charge in [-0.3, -0.25) is 9.48 Å². The Labute approximate surface area is 174 Å². The van der Waals surface area contributed by atoms with Crippen LogP contribution in [0.15, 0.2) is 23.1 Å². The van der Waals surface area contributed by atoms with Gasteiger partial charge in [-0.05, 0) is 32.0 Å². The number of sulfonamides is 1. The SMILES string of the molecule is Cc1nn(C)c(C)c1CC(=O)N1CCN(S(=O)(=O)c2cc(Cl)ccc2Cl)CC1. The number of piperazine rings is 1. The van der Waals surface area contributed by atoms with E-state index in [9.17, 15) is 13.2 Å². The average molecular weight is 445 g/mol. The summed E-state index contributed by atoms with van der Waals surface area (Å²) in [5.74, 6) is -0.0305. The molecule has 152 valence electrons. The van der Waals surface area contributed by atoms with Gasteiger partial charge in [0.25, 0.3) is 0 Å². The fourth-order valence-electron chi connectivity index (χ4n) is 3.33. The van der Waals surface area contributed by atoms with Crippen LogP contribution in [0, 0.1) is 13.8 Å². The van der Waals surface area contributed by atoms with Crippen LogP contribution in [-0.4, -0.2) is 59.5 Å². The number of benzene rings is 1. The summed E-state index contributed by atoms with van der Waals surface area (Å²) in [6.45, 7) is 4.89. The maximum Gasteiger partial charge on any atom is 0.244 e. The molecule has 0 radical (unpaired) electrons. The van der Waals surface area contributed by atoms with Crippen LogP contribution in [0.3, 0.4) is 0 Å². The van der Waals surface area contributed by atoms with Crippen LogP contribution in [0.4, 0.5) is 0 Å². The summed E-state index contributed by atoms with van der Waals surface area (Å²) in [5.41, 5.74) is 2.72. The Kier molecular flexibility index (Phi) is 6.05. The fourth-order valence-corrected chi connectivity index (χ4v) is 5.49. The van der Waals surface area contributed by atoms with Crippen molar-refractivity contribution >= 4 is 39.1 Å². The third kappa shape index (κ3) is 4.05. The lowest BCUT2D eigenvalue weighted by molar-refractivity contribution is -0.131. The maximum absolute atomic E-state index is 12.9. The lowest BCUT2D eigenvalue weighted by atomic mass is 10.1. The van der Waals surface area contributed by atoms with E-state index in [1.165, 1.54) is 16.4 Å². The number of aromatic nitrogens is 2. The molecule has 7 nitrogen and oxygen atoms in total. The molecule has 1 amide bonds. The molecule has 0 aliphatic carbocycles. The van der Waals surface area contributed by atoms with E-state index >= 15 is 0 Å². The molecule has 1 aliphatic heterocycles. The number of rotatable bonds is 4. The van der Waals surface area contributed by atoms with Gasteiger partial charge in [-0.15, -0.1) is 0 Å². The highest BCUT2D eigenvalue weighted by Crippen LogP contribution is 2.28. The van der Waals surface area contributed by atoms with Crippen LogP contribution in [0.25, 0.3) is 0 Å². The van der Waals surface area contributed by atoms with Crippen molar-refractivity contribution < 1.29 is 13.2 Å². The number of carbonyl (C=O) groups is 1. The first-order valence-corrected chi connectivity index (χ1v) is 11.0. The summed E-state index contributed by atoms with van der Waals surface area (Å²) in [4.78, 5) is 14.4. The van der Waals surface area contributed by atoms with Crippen molar-refractivity contribution in [1.29, 1.82) is 0 Å². The molecule has 0 bridgehead atoms. The number of halogens is 2. The molecule has 10 heteroatoms. The van der Waals surface area contributed by atoms with Crippen LogP contribution in [-0.2, 0) is 28.3 Å². The molecule has 1 fully saturated rings. The molecule has 0 unspecified atom stereocenters. The Morgan fingerprint density at radius 2 is 1.79 bits per heavy atom. The Morgan fingerprint density at radius 3 is 2.36 bits per heavy atom. The lowest BCUT2D eigenvalue weighted by Crippen LogP contribution is -2.50. The highest BCUT2D eigenvalue weighted by atomic mass is 35.5. The van der Waals surface area contributed by atoms with Crippen molar-refractivity contribution in [3.63, 3.8) is 0 Å². The largest absolute Gasteiger partial charge is 0.340 e. The predicted molar refractivity (Wildman–Crippen MR) is 108 cm³/mol. The topological polar surface area (TPSA) is 75.5 Å². The molecule has 2 aromatic rings. The molecule has 28 heavy (non-hydrogen) atoms. The molecule has 1 aromatic carbocycles. The van der Waals surface area contributed by atoms with Crippen molar-refractivity contribution in [2.75, 3.05) is 26.2 Å². The van der Waals surface area contributed by atoms with Gasteiger partial charge in [0, 0.05) is 49.5 Å². The first kappa shape index (κ1) is 21.1. The molecule has 1 saturated heterocycles. The van der Waals surface area contributed by atoms with Gasteiger partial charge >= 0.3 is 0 Å². The summed E-state index contributed by atoms with van der Waals surface area (Å²) in [6, 6.07) is 4.36. The van der Waals surface area contributed by atoms with Gasteiger partial charge in [-0.1, -0.05) is 23.2 Å². The molecule has 1 aromatic heterocycles. The Morgan fingerprint density at radius 1 is 1.14 bits per heavy atom. The average Bonchev–Trinajstić information content (AvgIpc) is 2.89. The van der Waals surface area contributed by atoms with Crippen molar-refractivity contribution in [3.05, 3.63) is 45.2 Å². The molecule has 1 aliphatic rings. The summed E-state index contributed by atoms with van der Waals surface area (Å²) in [5, 5.41) is 4.77. The Hall–Kier alpha value is -1.61.